The van der Waals surface area contributed by atoms with Gasteiger partial charge in [0, 0.05) is 17.3 Å². The fraction of sp³-hybridized carbons (Fsp3) is 0.188. The van der Waals surface area contributed by atoms with Gasteiger partial charge in [-0.05, 0) is 29.8 Å². The second-order valence-electron chi connectivity index (χ2n) is 4.77. The molecule has 2 aromatic rings. The van der Waals surface area contributed by atoms with Crippen LogP contribution in [0.4, 0.5) is 0 Å². The Morgan fingerprint density at radius 3 is 2.75 bits per heavy atom. The molecule has 1 atom stereocenters. The lowest BCUT2D eigenvalue weighted by atomic mass is 9.93. The van der Waals surface area contributed by atoms with Crippen LogP contribution in [0.2, 0.25) is 0 Å². The van der Waals surface area contributed by atoms with Crippen LogP contribution in [0, 0.1) is 0 Å². The van der Waals surface area contributed by atoms with Crippen LogP contribution in [0.3, 0.4) is 0 Å². The van der Waals surface area contributed by atoms with Crippen LogP contribution in [0.1, 0.15) is 27.6 Å². The van der Waals surface area contributed by atoms with E-state index in [0.29, 0.717) is 4.88 Å². The second kappa shape index (κ2) is 5.51. The lowest BCUT2D eigenvalue weighted by Crippen LogP contribution is -2.16. The monoisotopic (exact) mass is 285 g/mol. The fourth-order valence-electron chi connectivity index (χ4n) is 2.45. The second-order valence-corrected chi connectivity index (χ2v) is 5.83. The van der Waals surface area contributed by atoms with Crippen molar-refractivity contribution in [2.24, 2.45) is 0 Å². The minimum atomic E-state index is -0.834. The molecule has 1 aliphatic rings. The van der Waals surface area contributed by atoms with E-state index in [9.17, 15) is 9.90 Å². The van der Waals surface area contributed by atoms with Crippen molar-refractivity contribution in [2.75, 3.05) is 6.54 Å². The molecular weight excluding hydrogens is 270 g/mol. The molecule has 0 fully saturated rings. The maximum Gasteiger partial charge on any atom is 0.346 e. The first-order chi connectivity index (χ1) is 9.75. The average molecular weight is 285 g/mol. The molecule has 0 saturated heterocycles. The van der Waals surface area contributed by atoms with Crippen molar-refractivity contribution in [3.8, 4) is 10.4 Å². The summed E-state index contributed by atoms with van der Waals surface area (Å²) in [6.07, 6.45) is 4.90. The van der Waals surface area contributed by atoms with Crippen molar-refractivity contribution >= 4 is 17.3 Å². The molecule has 1 aliphatic heterocycles. The number of allylic oxidation sites excluding steroid dienone is 1. The Balaban J connectivity index is 2.05. The van der Waals surface area contributed by atoms with E-state index in [2.05, 4.69) is 5.32 Å². The summed E-state index contributed by atoms with van der Waals surface area (Å²) in [4.78, 5) is 13.0. The number of hydrogen-bond acceptors (Lipinski definition) is 3. The van der Waals surface area contributed by atoms with Gasteiger partial charge < -0.3 is 10.4 Å². The van der Waals surface area contributed by atoms with Crippen LogP contribution in [-0.2, 0) is 0 Å². The zero-order chi connectivity index (χ0) is 13.9. The number of rotatable bonds is 3. The lowest BCUT2D eigenvalue weighted by molar-refractivity contribution is 0.0700. The molecule has 1 unspecified atom stereocenters. The van der Waals surface area contributed by atoms with E-state index in [1.807, 2.05) is 48.7 Å². The zero-order valence-corrected chi connectivity index (χ0v) is 11.7. The van der Waals surface area contributed by atoms with Gasteiger partial charge in [0.15, 0.2) is 0 Å². The summed E-state index contributed by atoms with van der Waals surface area (Å²) in [5.74, 6) is -0.643. The highest BCUT2D eigenvalue weighted by molar-refractivity contribution is 7.17. The van der Waals surface area contributed by atoms with E-state index in [1.54, 1.807) is 0 Å². The molecule has 102 valence electrons. The molecule has 2 N–H and O–H groups in total. The number of benzene rings is 1. The quantitative estimate of drug-likeness (QED) is 0.904. The Labute approximate surface area is 121 Å². The number of carbonyl (C=O) groups is 1. The van der Waals surface area contributed by atoms with Gasteiger partial charge in [0.25, 0.3) is 0 Å². The van der Waals surface area contributed by atoms with Crippen LogP contribution in [0.25, 0.3) is 10.4 Å². The van der Waals surface area contributed by atoms with E-state index >= 15 is 0 Å². The molecule has 20 heavy (non-hydrogen) atoms. The molecule has 0 spiro atoms. The number of nitrogens with one attached hydrogen (secondary N) is 1. The number of thiophene rings is 1. The minimum absolute atomic E-state index is 0.191. The molecule has 3 rings (SSSR count). The highest BCUT2D eigenvalue weighted by Crippen LogP contribution is 2.37. The van der Waals surface area contributed by atoms with Crippen molar-refractivity contribution < 1.29 is 9.90 Å². The Bertz CT molecular complexity index is 646. The highest BCUT2D eigenvalue weighted by atomic mass is 32.1. The van der Waals surface area contributed by atoms with Crippen molar-refractivity contribution in [3.63, 3.8) is 0 Å². The summed E-state index contributed by atoms with van der Waals surface area (Å²) < 4.78 is 0. The first-order valence-electron chi connectivity index (χ1n) is 6.58. The predicted octanol–water partition coefficient (Wildman–Crippen LogP) is 3.70. The van der Waals surface area contributed by atoms with Crippen LogP contribution in [0.5, 0.6) is 0 Å². The van der Waals surface area contributed by atoms with Crippen LogP contribution in [0.15, 0.2) is 48.7 Å². The van der Waals surface area contributed by atoms with Gasteiger partial charge in [-0.1, -0.05) is 36.4 Å². The maximum absolute atomic E-state index is 11.5. The highest BCUT2D eigenvalue weighted by Gasteiger charge is 2.22. The topological polar surface area (TPSA) is 49.3 Å². The van der Waals surface area contributed by atoms with Crippen molar-refractivity contribution in [3.05, 3.63) is 59.1 Å². The predicted molar refractivity (Wildman–Crippen MR) is 81.2 cm³/mol. The smallest absolute Gasteiger partial charge is 0.346 e. The van der Waals surface area contributed by atoms with Gasteiger partial charge in [-0.25, -0.2) is 4.79 Å². The van der Waals surface area contributed by atoms with Crippen LogP contribution >= 0.6 is 11.3 Å². The van der Waals surface area contributed by atoms with Gasteiger partial charge in [-0.15, -0.1) is 11.3 Å². The number of hydrogen-bond donors (Lipinski definition) is 2. The first-order valence-corrected chi connectivity index (χ1v) is 7.40. The average Bonchev–Trinajstić information content (AvgIpc) is 2.94. The summed E-state index contributed by atoms with van der Waals surface area (Å²) >= 11 is 1.36. The molecular formula is C16H15NO2S. The molecule has 2 heterocycles. The van der Waals surface area contributed by atoms with Gasteiger partial charge in [0.2, 0.25) is 0 Å². The third-order valence-corrected chi connectivity index (χ3v) is 4.65. The summed E-state index contributed by atoms with van der Waals surface area (Å²) in [6, 6.07) is 12.0. The van der Waals surface area contributed by atoms with Gasteiger partial charge in [0.05, 0.1) is 0 Å². The standard InChI is InChI=1S/C16H15NO2S/c18-16(19)15-13(11-6-8-17-9-7-11)10-14(20-15)12-4-2-1-3-5-12/h1-6,8,10-11,17H,7,9H2,(H,18,19). The van der Waals surface area contributed by atoms with Crippen LogP contribution in [-0.4, -0.2) is 17.6 Å². The molecule has 0 saturated carbocycles. The molecule has 0 amide bonds. The van der Waals surface area contributed by atoms with E-state index in [4.69, 9.17) is 0 Å². The molecule has 1 aromatic heterocycles. The largest absolute Gasteiger partial charge is 0.477 e. The summed E-state index contributed by atoms with van der Waals surface area (Å²) in [5.41, 5.74) is 2.00. The molecule has 4 heteroatoms. The third kappa shape index (κ3) is 2.47. The van der Waals surface area contributed by atoms with Crippen molar-refractivity contribution in [1.29, 1.82) is 0 Å². The normalized spacial score (nSPS) is 17.7. The van der Waals surface area contributed by atoms with Crippen molar-refractivity contribution in [2.45, 2.75) is 12.3 Å². The Morgan fingerprint density at radius 1 is 1.30 bits per heavy atom. The summed E-state index contributed by atoms with van der Waals surface area (Å²) in [5, 5.41) is 12.6. The van der Waals surface area contributed by atoms with E-state index < -0.39 is 5.97 Å². The van der Waals surface area contributed by atoms with Gasteiger partial charge in [-0.3, -0.25) is 0 Å². The Kier molecular flexibility index (Phi) is 3.56. The SMILES string of the molecule is O=C(O)c1sc(-c2ccccc2)cc1C1C=CNCC1. The fourth-order valence-corrected chi connectivity index (χ4v) is 3.53. The van der Waals surface area contributed by atoms with E-state index in [1.165, 1.54) is 11.3 Å². The summed E-state index contributed by atoms with van der Waals surface area (Å²) in [7, 11) is 0. The maximum atomic E-state index is 11.5. The summed E-state index contributed by atoms with van der Waals surface area (Å²) in [6.45, 7) is 0.886. The van der Waals surface area contributed by atoms with Gasteiger partial charge in [0.1, 0.15) is 4.88 Å². The zero-order valence-electron chi connectivity index (χ0n) is 10.9. The molecule has 1 aromatic carbocycles. The number of carboxylic acid groups (broad SMARTS) is 1. The molecule has 3 nitrogen and oxygen atoms in total. The number of aromatic carboxylic acids is 1. The van der Waals surface area contributed by atoms with Crippen molar-refractivity contribution in [1.82, 2.24) is 5.32 Å². The lowest BCUT2D eigenvalue weighted by Gasteiger charge is -2.17. The van der Waals surface area contributed by atoms with Gasteiger partial charge >= 0.3 is 5.97 Å². The molecule has 0 bridgehead atoms. The minimum Gasteiger partial charge on any atom is -0.477 e. The Morgan fingerprint density at radius 2 is 2.10 bits per heavy atom. The van der Waals surface area contributed by atoms with Crippen LogP contribution < -0.4 is 5.32 Å². The van der Waals surface area contributed by atoms with Gasteiger partial charge in [-0.2, -0.15) is 0 Å². The van der Waals surface area contributed by atoms with E-state index in [0.717, 1.165) is 29.0 Å². The third-order valence-electron chi connectivity index (χ3n) is 3.46. The first kappa shape index (κ1) is 12.9. The van der Waals surface area contributed by atoms with E-state index in [-0.39, 0.29) is 5.92 Å². The number of carboxylic acids is 1. The molecule has 0 aliphatic carbocycles. The molecule has 0 radical (unpaired) electrons. The Hall–Kier alpha value is -2.07.